The molecule has 0 saturated heterocycles. The maximum atomic E-state index is 12.4. The van der Waals surface area contributed by atoms with Crippen molar-refractivity contribution < 1.29 is 4.79 Å². The fourth-order valence-electron chi connectivity index (χ4n) is 2.40. The number of aromatic nitrogens is 1. The van der Waals surface area contributed by atoms with E-state index in [9.17, 15) is 4.79 Å². The minimum absolute atomic E-state index is 0.133. The van der Waals surface area contributed by atoms with Crippen LogP contribution in [0.25, 0.3) is 10.9 Å². The number of rotatable bonds is 6. The van der Waals surface area contributed by atoms with E-state index >= 15 is 0 Å². The maximum Gasteiger partial charge on any atom is 0.253 e. The molecule has 0 spiro atoms. The van der Waals surface area contributed by atoms with Crippen molar-refractivity contribution in [3.8, 4) is 0 Å². The number of nitrogens with zero attached hydrogens (tertiary/aromatic N) is 1. The number of benzene rings is 2. The van der Waals surface area contributed by atoms with E-state index in [2.05, 4.69) is 22.4 Å². The van der Waals surface area contributed by atoms with Crippen molar-refractivity contribution in [2.45, 2.75) is 11.3 Å². The minimum atomic E-state index is -0.133. The van der Waals surface area contributed by atoms with Gasteiger partial charge in [-0.2, -0.15) is 0 Å². The van der Waals surface area contributed by atoms with Gasteiger partial charge in [-0.1, -0.05) is 35.9 Å². The van der Waals surface area contributed by atoms with E-state index in [0.717, 1.165) is 17.6 Å². The summed E-state index contributed by atoms with van der Waals surface area (Å²) in [6.07, 6.45) is 2.58. The first kappa shape index (κ1) is 16.8. The molecule has 0 radical (unpaired) electrons. The molecule has 0 bridgehead atoms. The van der Waals surface area contributed by atoms with E-state index in [4.69, 9.17) is 11.6 Å². The van der Waals surface area contributed by atoms with Crippen LogP contribution in [0.4, 0.5) is 0 Å². The van der Waals surface area contributed by atoms with Crippen LogP contribution in [0.1, 0.15) is 16.8 Å². The van der Waals surface area contributed by atoms with Crippen LogP contribution >= 0.6 is 23.4 Å². The molecule has 0 unspecified atom stereocenters. The van der Waals surface area contributed by atoms with Crippen molar-refractivity contribution in [1.82, 2.24) is 10.3 Å². The lowest BCUT2D eigenvalue weighted by Gasteiger charge is -2.08. The van der Waals surface area contributed by atoms with Crippen molar-refractivity contribution in [3.05, 3.63) is 71.4 Å². The lowest BCUT2D eigenvalue weighted by Crippen LogP contribution is -2.25. The van der Waals surface area contributed by atoms with Gasteiger partial charge in [-0.15, -0.1) is 11.8 Å². The number of pyridine rings is 1. The second-order valence-electron chi connectivity index (χ2n) is 5.30. The number of carbonyl (C=O) groups excluding carboxylic acids is 1. The molecule has 1 aromatic heterocycles. The summed E-state index contributed by atoms with van der Waals surface area (Å²) in [6.45, 7) is 0.625. The molecule has 2 aromatic carbocycles. The molecule has 0 fully saturated rings. The number of amides is 1. The zero-order valence-electron chi connectivity index (χ0n) is 13.0. The fraction of sp³-hybridized carbons (Fsp3) is 0.158. The zero-order valence-corrected chi connectivity index (χ0v) is 14.6. The van der Waals surface area contributed by atoms with Gasteiger partial charge in [-0.3, -0.25) is 9.78 Å². The number of carbonyl (C=O) groups is 1. The third-order valence-electron chi connectivity index (χ3n) is 3.53. The van der Waals surface area contributed by atoms with E-state index < -0.39 is 0 Å². The van der Waals surface area contributed by atoms with Gasteiger partial charge in [-0.25, -0.2) is 0 Å². The highest BCUT2D eigenvalue weighted by atomic mass is 35.5. The average Bonchev–Trinajstić information content (AvgIpc) is 2.61. The minimum Gasteiger partial charge on any atom is -0.352 e. The van der Waals surface area contributed by atoms with Gasteiger partial charge in [0.1, 0.15) is 0 Å². The van der Waals surface area contributed by atoms with E-state index in [1.54, 1.807) is 24.0 Å². The Hall–Kier alpha value is -2.04. The third kappa shape index (κ3) is 4.28. The lowest BCUT2D eigenvalue weighted by molar-refractivity contribution is 0.0955. The first-order valence-corrected chi connectivity index (χ1v) is 9.11. The summed E-state index contributed by atoms with van der Waals surface area (Å²) in [6, 6.07) is 17.5. The fourth-order valence-corrected chi connectivity index (χ4v) is 3.51. The highest BCUT2D eigenvalue weighted by Crippen LogP contribution is 2.22. The van der Waals surface area contributed by atoms with Gasteiger partial charge >= 0.3 is 0 Å². The summed E-state index contributed by atoms with van der Waals surface area (Å²) < 4.78 is 0. The molecule has 0 saturated carbocycles. The number of halogens is 1. The Morgan fingerprint density at radius 2 is 1.96 bits per heavy atom. The molecular weight excluding hydrogens is 340 g/mol. The van der Waals surface area contributed by atoms with Crippen LogP contribution in [-0.2, 0) is 0 Å². The normalized spacial score (nSPS) is 10.7. The summed E-state index contributed by atoms with van der Waals surface area (Å²) in [4.78, 5) is 18.0. The Morgan fingerprint density at radius 3 is 2.79 bits per heavy atom. The number of hydrogen-bond donors (Lipinski definition) is 1. The predicted octanol–water partition coefficient (Wildman–Crippen LogP) is 4.80. The molecule has 0 aliphatic heterocycles. The van der Waals surface area contributed by atoms with Gasteiger partial charge in [0.2, 0.25) is 0 Å². The molecule has 0 aliphatic rings. The number of nitrogens with one attached hydrogen (secondary N) is 1. The Morgan fingerprint density at radius 1 is 1.12 bits per heavy atom. The van der Waals surface area contributed by atoms with Crippen molar-refractivity contribution >= 4 is 40.2 Å². The molecule has 0 atom stereocenters. The maximum absolute atomic E-state index is 12.4. The van der Waals surface area contributed by atoms with Crippen LogP contribution in [0.3, 0.4) is 0 Å². The second kappa shape index (κ2) is 8.18. The molecule has 3 nitrogen and oxygen atoms in total. The topological polar surface area (TPSA) is 42.0 Å². The Labute approximate surface area is 150 Å². The largest absolute Gasteiger partial charge is 0.352 e. The molecule has 0 aliphatic carbocycles. The van der Waals surface area contributed by atoms with Crippen LogP contribution < -0.4 is 5.32 Å². The molecule has 1 N–H and O–H groups in total. The summed E-state index contributed by atoms with van der Waals surface area (Å²) in [5, 5.41) is 4.37. The lowest BCUT2D eigenvalue weighted by atomic mass is 10.1. The van der Waals surface area contributed by atoms with Crippen LogP contribution in [0.5, 0.6) is 0 Å². The first-order chi connectivity index (χ1) is 11.7. The van der Waals surface area contributed by atoms with E-state index in [0.29, 0.717) is 22.6 Å². The highest BCUT2D eigenvalue weighted by molar-refractivity contribution is 7.99. The van der Waals surface area contributed by atoms with E-state index in [1.165, 1.54) is 4.90 Å². The van der Waals surface area contributed by atoms with Gasteiger partial charge in [0.15, 0.2) is 0 Å². The molecule has 1 heterocycles. The number of hydrogen-bond acceptors (Lipinski definition) is 3. The predicted molar refractivity (Wildman–Crippen MR) is 101 cm³/mol. The van der Waals surface area contributed by atoms with Crippen molar-refractivity contribution in [3.63, 3.8) is 0 Å². The van der Waals surface area contributed by atoms with E-state index in [-0.39, 0.29) is 5.91 Å². The zero-order chi connectivity index (χ0) is 16.8. The molecule has 1 amide bonds. The van der Waals surface area contributed by atoms with Crippen molar-refractivity contribution in [2.75, 3.05) is 12.3 Å². The standard InChI is InChI=1S/C19H17ClN2OS/c20-15-12-14-6-4-9-21-18(14)17(13-15)19(23)22-10-5-11-24-16-7-2-1-3-8-16/h1-4,6-9,12-13H,5,10-11H2,(H,22,23). The molecule has 3 rings (SSSR count). The molecular formula is C19H17ClN2OS. The summed E-state index contributed by atoms with van der Waals surface area (Å²) in [5.41, 5.74) is 1.20. The molecule has 3 aromatic rings. The Balaban J connectivity index is 1.56. The third-order valence-corrected chi connectivity index (χ3v) is 4.85. The van der Waals surface area contributed by atoms with Crippen molar-refractivity contribution in [2.24, 2.45) is 0 Å². The smallest absolute Gasteiger partial charge is 0.253 e. The molecule has 5 heteroatoms. The SMILES string of the molecule is O=C(NCCCSc1ccccc1)c1cc(Cl)cc2cccnc12. The average molecular weight is 357 g/mol. The van der Waals surface area contributed by atoms with Gasteiger partial charge in [-0.05, 0) is 42.5 Å². The summed E-state index contributed by atoms with van der Waals surface area (Å²) in [5.74, 6) is 0.824. The molecule has 122 valence electrons. The number of fused-ring (bicyclic) bond motifs is 1. The highest BCUT2D eigenvalue weighted by Gasteiger charge is 2.12. The van der Waals surface area contributed by atoms with E-state index in [1.807, 2.05) is 36.4 Å². The Bertz CT molecular complexity index is 839. The Kier molecular flexibility index (Phi) is 5.72. The van der Waals surface area contributed by atoms with Crippen molar-refractivity contribution in [1.29, 1.82) is 0 Å². The first-order valence-electron chi connectivity index (χ1n) is 7.74. The monoisotopic (exact) mass is 356 g/mol. The van der Waals surface area contributed by atoms with Crippen LogP contribution in [-0.4, -0.2) is 23.2 Å². The van der Waals surface area contributed by atoms with Gasteiger partial charge in [0, 0.05) is 28.0 Å². The quantitative estimate of drug-likeness (QED) is 0.509. The van der Waals surface area contributed by atoms with Crippen LogP contribution in [0.2, 0.25) is 5.02 Å². The second-order valence-corrected chi connectivity index (χ2v) is 6.90. The van der Waals surface area contributed by atoms with Gasteiger partial charge in [0.25, 0.3) is 5.91 Å². The van der Waals surface area contributed by atoms with Crippen LogP contribution in [0, 0.1) is 0 Å². The van der Waals surface area contributed by atoms with Crippen LogP contribution in [0.15, 0.2) is 65.7 Å². The summed E-state index contributed by atoms with van der Waals surface area (Å²) >= 11 is 7.90. The number of thioether (sulfide) groups is 1. The van der Waals surface area contributed by atoms with Gasteiger partial charge in [0.05, 0.1) is 11.1 Å². The summed E-state index contributed by atoms with van der Waals surface area (Å²) in [7, 11) is 0. The van der Waals surface area contributed by atoms with Gasteiger partial charge < -0.3 is 5.32 Å². The molecule has 24 heavy (non-hydrogen) atoms.